The maximum Gasteiger partial charge on any atom is 0.225 e. The minimum atomic E-state index is -0.292. The molecule has 0 aliphatic heterocycles. The SMILES string of the molecule is Cc1ncc(CNC(=O)C(C)C(N)c2ccccc2)s1.Cl.Cl. The maximum absolute atomic E-state index is 12.1. The summed E-state index contributed by atoms with van der Waals surface area (Å²) in [6.45, 7) is 4.31. The summed E-state index contributed by atoms with van der Waals surface area (Å²) < 4.78 is 0. The number of aryl methyl sites for hydroxylation is 1. The first-order chi connectivity index (χ1) is 9.58. The molecule has 7 heteroatoms. The molecule has 3 N–H and O–H groups in total. The lowest BCUT2D eigenvalue weighted by Gasteiger charge is -2.19. The van der Waals surface area contributed by atoms with Gasteiger partial charge in [0.05, 0.1) is 17.5 Å². The molecular formula is C15H21Cl2N3OS. The summed E-state index contributed by atoms with van der Waals surface area (Å²) in [5.74, 6) is -0.307. The second-order valence-electron chi connectivity index (χ2n) is 4.79. The molecule has 2 atom stereocenters. The van der Waals surface area contributed by atoms with Crippen LogP contribution in [0.2, 0.25) is 0 Å². The monoisotopic (exact) mass is 361 g/mol. The Balaban J connectivity index is 0.00000220. The molecule has 0 aliphatic carbocycles. The zero-order valence-electron chi connectivity index (χ0n) is 12.5. The topological polar surface area (TPSA) is 68.0 Å². The largest absolute Gasteiger partial charge is 0.351 e. The molecule has 22 heavy (non-hydrogen) atoms. The van der Waals surface area contributed by atoms with E-state index in [1.54, 1.807) is 17.5 Å². The number of nitrogens with one attached hydrogen (secondary N) is 1. The number of benzene rings is 1. The fourth-order valence-corrected chi connectivity index (χ4v) is 2.68. The number of nitrogens with two attached hydrogens (primary N) is 1. The quantitative estimate of drug-likeness (QED) is 0.858. The van der Waals surface area contributed by atoms with Crippen LogP contribution in [-0.2, 0) is 11.3 Å². The van der Waals surface area contributed by atoms with Crippen molar-refractivity contribution in [3.63, 3.8) is 0 Å². The van der Waals surface area contributed by atoms with Crippen LogP contribution in [0.4, 0.5) is 0 Å². The molecule has 2 unspecified atom stereocenters. The van der Waals surface area contributed by atoms with Gasteiger partial charge >= 0.3 is 0 Å². The average Bonchev–Trinajstić information content (AvgIpc) is 2.89. The predicted octanol–water partition coefficient (Wildman–Crippen LogP) is 3.25. The van der Waals surface area contributed by atoms with Crippen molar-refractivity contribution in [3.8, 4) is 0 Å². The molecule has 1 amide bonds. The van der Waals surface area contributed by atoms with Crippen molar-refractivity contribution in [2.24, 2.45) is 11.7 Å². The molecule has 4 nitrogen and oxygen atoms in total. The van der Waals surface area contributed by atoms with Gasteiger partial charge in [0.1, 0.15) is 0 Å². The summed E-state index contributed by atoms with van der Waals surface area (Å²) in [6, 6.07) is 9.40. The molecule has 2 aromatic rings. The third-order valence-electron chi connectivity index (χ3n) is 3.24. The van der Waals surface area contributed by atoms with Gasteiger partial charge in [0.25, 0.3) is 0 Å². The second kappa shape index (κ2) is 9.79. The molecule has 0 fully saturated rings. The normalized spacial score (nSPS) is 12.5. The molecule has 0 saturated heterocycles. The van der Waals surface area contributed by atoms with Gasteiger partial charge in [0.15, 0.2) is 0 Å². The van der Waals surface area contributed by atoms with E-state index in [4.69, 9.17) is 5.73 Å². The highest BCUT2D eigenvalue weighted by molar-refractivity contribution is 7.11. The van der Waals surface area contributed by atoms with Crippen LogP contribution < -0.4 is 11.1 Å². The van der Waals surface area contributed by atoms with Crippen LogP contribution >= 0.6 is 36.2 Å². The molecule has 1 aromatic carbocycles. The van der Waals surface area contributed by atoms with E-state index < -0.39 is 0 Å². The highest BCUT2D eigenvalue weighted by Crippen LogP contribution is 2.19. The zero-order valence-corrected chi connectivity index (χ0v) is 14.9. The van der Waals surface area contributed by atoms with Gasteiger partial charge in [-0.3, -0.25) is 4.79 Å². The van der Waals surface area contributed by atoms with Crippen molar-refractivity contribution in [2.45, 2.75) is 26.4 Å². The van der Waals surface area contributed by atoms with Gasteiger partial charge in [-0.1, -0.05) is 37.3 Å². The van der Waals surface area contributed by atoms with E-state index in [2.05, 4.69) is 10.3 Å². The first-order valence-electron chi connectivity index (χ1n) is 6.57. The lowest BCUT2D eigenvalue weighted by atomic mass is 9.95. The van der Waals surface area contributed by atoms with E-state index in [-0.39, 0.29) is 42.7 Å². The van der Waals surface area contributed by atoms with Crippen LogP contribution in [0.25, 0.3) is 0 Å². The number of aromatic nitrogens is 1. The van der Waals surface area contributed by atoms with Gasteiger partial charge in [0.2, 0.25) is 5.91 Å². The van der Waals surface area contributed by atoms with Gasteiger partial charge in [-0.25, -0.2) is 4.98 Å². The lowest BCUT2D eigenvalue weighted by molar-refractivity contribution is -0.125. The van der Waals surface area contributed by atoms with Crippen molar-refractivity contribution >= 4 is 42.1 Å². The fourth-order valence-electron chi connectivity index (χ4n) is 1.95. The predicted molar refractivity (Wildman–Crippen MR) is 95.7 cm³/mol. The van der Waals surface area contributed by atoms with Crippen LogP contribution in [0, 0.1) is 12.8 Å². The third kappa shape index (κ3) is 5.57. The highest BCUT2D eigenvalue weighted by Gasteiger charge is 2.21. The molecule has 1 heterocycles. The van der Waals surface area contributed by atoms with Crippen LogP contribution in [-0.4, -0.2) is 10.9 Å². The van der Waals surface area contributed by atoms with Crippen molar-refractivity contribution in [1.29, 1.82) is 0 Å². The molecule has 0 bridgehead atoms. The van der Waals surface area contributed by atoms with E-state index in [0.717, 1.165) is 15.4 Å². The van der Waals surface area contributed by atoms with Crippen LogP contribution in [0.15, 0.2) is 36.5 Å². The third-order valence-corrected chi connectivity index (χ3v) is 4.16. The number of carbonyl (C=O) groups excluding carboxylic acids is 1. The standard InChI is InChI=1S/C15H19N3OS.2ClH/c1-10(14(16)12-6-4-3-5-7-12)15(19)18-9-13-8-17-11(2)20-13;;/h3-8,10,14H,9,16H2,1-2H3,(H,18,19);2*1H. The molecule has 1 aromatic heterocycles. The van der Waals surface area contributed by atoms with Gasteiger partial charge in [-0.15, -0.1) is 36.2 Å². The van der Waals surface area contributed by atoms with Crippen LogP contribution in [0.1, 0.15) is 28.4 Å². The molecule has 0 radical (unpaired) electrons. The van der Waals surface area contributed by atoms with Gasteiger partial charge in [0, 0.05) is 17.1 Å². The Labute approximate surface area is 147 Å². The van der Waals surface area contributed by atoms with Crippen LogP contribution in [0.3, 0.4) is 0 Å². The Bertz CT molecular complexity index is 577. The highest BCUT2D eigenvalue weighted by atomic mass is 35.5. The number of amides is 1. The Morgan fingerprint density at radius 1 is 1.32 bits per heavy atom. The summed E-state index contributed by atoms with van der Waals surface area (Å²) in [6.07, 6.45) is 1.79. The molecule has 0 saturated carbocycles. The fraction of sp³-hybridized carbons (Fsp3) is 0.333. The molecule has 2 rings (SSSR count). The number of hydrogen-bond donors (Lipinski definition) is 2. The molecule has 122 valence electrons. The molecule has 0 spiro atoms. The number of carbonyl (C=O) groups is 1. The first kappa shape index (κ1) is 20.9. The Hall–Kier alpha value is -1.14. The Kier molecular flexibility index (Phi) is 9.28. The van der Waals surface area contributed by atoms with Gasteiger partial charge < -0.3 is 11.1 Å². The Morgan fingerprint density at radius 3 is 2.50 bits per heavy atom. The van der Waals surface area contributed by atoms with Crippen LogP contribution in [0.5, 0.6) is 0 Å². The second-order valence-corrected chi connectivity index (χ2v) is 6.11. The zero-order chi connectivity index (χ0) is 14.5. The van der Waals surface area contributed by atoms with Crippen molar-refractivity contribution in [3.05, 3.63) is 52.0 Å². The summed E-state index contributed by atoms with van der Waals surface area (Å²) >= 11 is 1.59. The van der Waals surface area contributed by atoms with E-state index >= 15 is 0 Å². The number of halogens is 2. The number of thiazole rings is 1. The number of hydrogen-bond acceptors (Lipinski definition) is 4. The van der Waals surface area contributed by atoms with Crippen molar-refractivity contribution in [1.82, 2.24) is 10.3 Å². The average molecular weight is 362 g/mol. The van der Waals surface area contributed by atoms with E-state index in [1.165, 1.54) is 0 Å². The summed E-state index contributed by atoms with van der Waals surface area (Å²) in [4.78, 5) is 17.3. The summed E-state index contributed by atoms with van der Waals surface area (Å²) in [7, 11) is 0. The lowest BCUT2D eigenvalue weighted by Crippen LogP contribution is -2.35. The van der Waals surface area contributed by atoms with Crippen molar-refractivity contribution in [2.75, 3.05) is 0 Å². The summed E-state index contributed by atoms with van der Waals surface area (Å²) in [5.41, 5.74) is 7.12. The summed E-state index contributed by atoms with van der Waals surface area (Å²) in [5, 5.41) is 3.92. The maximum atomic E-state index is 12.1. The first-order valence-corrected chi connectivity index (χ1v) is 7.39. The van der Waals surface area contributed by atoms with E-state index in [1.807, 2.05) is 44.2 Å². The van der Waals surface area contributed by atoms with E-state index in [9.17, 15) is 4.79 Å². The van der Waals surface area contributed by atoms with Gasteiger partial charge in [-0.05, 0) is 12.5 Å². The Morgan fingerprint density at radius 2 is 1.95 bits per heavy atom. The van der Waals surface area contributed by atoms with Crippen molar-refractivity contribution < 1.29 is 4.79 Å². The van der Waals surface area contributed by atoms with E-state index in [0.29, 0.717) is 6.54 Å². The molecule has 0 aliphatic rings. The minimum absolute atomic E-state index is 0. The number of nitrogens with zero attached hydrogens (tertiary/aromatic N) is 1. The molecular weight excluding hydrogens is 341 g/mol. The smallest absolute Gasteiger partial charge is 0.225 e. The van der Waals surface area contributed by atoms with Gasteiger partial charge in [-0.2, -0.15) is 0 Å². The minimum Gasteiger partial charge on any atom is -0.351 e. The number of rotatable bonds is 5.